The second-order valence-electron chi connectivity index (χ2n) is 4.42. The number of rotatable bonds is 4. The molecule has 1 atom stereocenters. The van der Waals surface area contributed by atoms with Crippen molar-refractivity contribution in [1.29, 1.82) is 0 Å². The van der Waals surface area contributed by atoms with Crippen LogP contribution in [0, 0.1) is 5.82 Å². The molecule has 2 rings (SSSR count). The second kappa shape index (κ2) is 6.24. The first-order valence-corrected chi connectivity index (χ1v) is 7.28. The molecule has 0 aliphatic rings. The van der Waals surface area contributed by atoms with Crippen LogP contribution in [0.2, 0.25) is 5.02 Å². The van der Waals surface area contributed by atoms with Crippen LogP contribution in [0.25, 0.3) is 0 Å². The number of carbonyl (C=O) groups is 2. The average Bonchev–Trinajstić information content (AvgIpc) is 2.88. The van der Waals surface area contributed by atoms with Crippen molar-refractivity contribution in [2.45, 2.75) is 13.0 Å². The minimum absolute atomic E-state index is 0.242. The van der Waals surface area contributed by atoms with E-state index >= 15 is 0 Å². The molecule has 2 amide bonds. The van der Waals surface area contributed by atoms with Crippen molar-refractivity contribution < 1.29 is 14.0 Å². The fraction of sp³-hybridized carbons (Fsp3) is 0.143. The van der Waals surface area contributed by atoms with E-state index in [-0.39, 0.29) is 16.5 Å². The number of benzene rings is 1. The van der Waals surface area contributed by atoms with Crippen molar-refractivity contribution >= 4 is 34.8 Å². The molecule has 7 heteroatoms. The van der Waals surface area contributed by atoms with Crippen LogP contribution < -0.4 is 11.1 Å². The van der Waals surface area contributed by atoms with Crippen LogP contribution in [0.15, 0.2) is 29.6 Å². The number of hydrogen-bond donors (Lipinski definition) is 2. The molecule has 4 nitrogen and oxygen atoms in total. The average molecular weight is 327 g/mol. The maximum atomic E-state index is 13.0. The summed E-state index contributed by atoms with van der Waals surface area (Å²) in [7, 11) is 0. The highest BCUT2D eigenvalue weighted by molar-refractivity contribution is 7.12. The number of nitrogens with one attached hydrogen (secondary N) is 1. The van der Waals surface area contributed by atoms with Crippen molar-refractivity contribution in [3.05, 3.63) is 56.5 Å². The predicted octanol–water partition coefficient (Wildman–Crippen LogP) is 3.13. The summed E-state index contributed by atoms with van der Waals surface area (Å²) in [5, 5.41) is 4.50. The van der Waals surface area contributed by atoms with Crippen molar-refractivity contribution in [1.82, 2.24) is 5.32 Å². The highest BCUT2D eigenvalue weighted by atomic mass is 35.5. The Hall–Kier alpha value is -1.92. The first-order valence-electron chi connectivity index (χ1n) is 6.02. The summed E-state index contributed by atoms with van der Waals surface area (Å²) in [6.07, 6.45) is 0. The number of amides is 2. The molecule has 0 aliphatic heterocycles. The van der Waals surface area contributed by atoms with Gasteiger partial charge in [0.15, 0.2) is 0 Å². The van der Waals surface area contributed by atoms with Gasteiger partial charge in [0.05, 0.1) is 16.5 Å². The molecule has 0 saturated heterocycles. The van der Waals surface area contributed by atoms with Gasteiger partial charge in [-0.05, 0) is 30.7 Å². The van der Waals surface area contributed by atoms with Crippen molar-refractivity contribution in [3.63, 3.8) is 0 Å². The third-order valence-electron chi connectivity index (χ3n) is 2.88. The summed E-state index contributed by atoms with van der Waals surface area (Å²) in [5.74, 6) is -1.37. The van der Waals surface area contributed by atoms with E-state index in [0.717, 1.165) is 11.3 Å². The van der Waals surface area contributed by atoms with E-state index in [2.05, 4.69) is 5.32 Å². The summed E-state index contributed by atoms with van der Waals surface area (Å²) in [6, 6.07) is 5.02. The van der Waals surface area contributed by atoms with Gasteiger partial charge in [0.1, 0.15) is 5.82 Å². The maximum Gasteiger partial charge on any atom is 0.261 e. The lowest BCUT2D eigenvalue weighted by molar-refractivity contribution is 0.0944. The number of halogens is 2. The van der Waals surface area contributed by atoms with Gasteiger partial charge in [-0.25, -0.2) is 4.39 Å². The van der Waals surface area contributed by atoms with E-state index in [1.165, 1.54) is 29.6 Å². The first-order chi connectivity index (χ1) is 9.88. The van der Waals surface area contributed by atoms with E-state index in [4.69, 9.17) is 17.3 Å². The van der Waals surface area contributed by atoms with E-state index in [9.17, 15) is 14.0 Å². The molecular weight excluding hydrogens is 315 g/mol. The molecule has 0 saturated carbocycles. The predicted molar refractivity (Wildman–Crippen MR) is 80.1 cm³/mol. The Kier molecular flexibility index (Phi) is 4.59. The molecule has 0 fully saturated rings. The van der Waals surface area contributed by atoms with Crippen LogP contribution >= 0.6 is 22.9 Å². The Balaban J connectivity index is 2.12. The van der Waals surface area contributed by atoms with Crippen LogP contribution in [0.3, 0.4) is 0 Å². The lowest BCUT2D eigenvalue weighted by Crippen LogP contribution is -2.26. The maximum absolute atomic E-state index is 13.0. The van der Waals surface area contributed by atoms with Gasteiger partial charge in [-0.1, -0.05) is 17.7 Å². The lowest BCUT2D eigenvalue weighted by Gasteiger charge is -2.15. The van der Waals surface area contributed by atoms with Gasteiger partial charge >= 0.3 is 0 Å². The third-order valence-corrected chi connectivity index (χ3v) is 4.14. The van der Waals surface area contributed by atoms with Gasteiger partial charge < -0.3 is 11.1 Å². The van der Waals surface area contributed by atoms with E-state index in [1.807, 2.05) is 0 Å². The molecule has 0 radical (unpaired) electrons. The van der Waals surface area contributed by atoms with Crippen LogP contribution in [0.4, 0.5) is 4.39 Å². The zero-order valence-corrected chi connectivity index (χ0v) is 12.6. The molecule has 3 N–H and O–H groups in total. The lowest BCUT2D eigenvalue weighted by atomic mass is 10.1. The van der Waals surface area contributed by atoms with Gasteiger partial charge in [0, 0.05) is 10.4 Å². The van der Waals surface area contributed by atoms with Gasteiger partial charge in [-0.3, -0.25) is 9.59 Å². The zero-order chi connectivity index (χ0) is 15.6. The fourth-order valence-electron chi connectivity index (χ4n) is 1.78. The Labute approximate surface area is 129 Å². The van der Waals surface area contributed by atoms with Crippen molar-refractivity contribution in [3.8, 4) is 0 Å². The number of nitrogens with two attached hydrogens (primary N) is 1. The molecule has 1 aromatic carbocycles. The summed E-state index contributed by atoms with van der Waals surface area (Å²) >= 11 is 7.07. The first kappa shape index (κ1) is 15.5. The number of hydrogen-bond acceptors (Lipinski definition) is 3. The van der Waals surface area contributed by atoms with Crippen LogP contribution in [0.1, 0.15) is 38.6 Å². The Bertz CT molecular complexity index is 702. The van der Waals surface area contributed by atoms with E-state index < -0.39 is 17.8 Å². The molecule has 0 spiro atoms. The van der Waals surface area contributed by atoms with Crippen molar-refractivity contribution in [2.24, 2.45) is 5.73 Å². The molecule has 0 bridgehead atoms. The monoisotopic (exact) mass is 326 g/mol. The molecule has 21 heavy (non-hydrogen) atoms. The van der Waals surface area contributed by atoms with Gasteiger partial charge in [-0.15, -0.1) is 11.3 Å². The van der Waals surface area contributed by atoms with Gasteiger partial charge in [0.25, 0.3) is 5.91 Å². The fourth-order valence-corrected chi connectivity index (χ4v) is 2.91. The standard InChI is InChI=1S/C14H12ClFN2O2S/c1-7(10-3-2-9(16)5-11(10)15)18-14(20)12-4-8(6-21-12)13(17)19/h2-7H,1H3,(H2,17,19)(H,18,20). The van der Waals surface area contributed by atoms with Crippen molar-refractivity contribution in [2.75, 3.05) is 0 Å². The summed E-state index contributed by atoms with van der Waals surface area (Å²) < 4.78 is 13.0. The van der Waals surface area contributed by atoms with Gasteiger partial charge in [0.2, 0.25) is 5.91 Å². The third kappa shape index (κ3) is 3.59. The Morgan fingerprint density at radius 2 is 2.10 bits per heavy atom. The van der Waals surface area contributed by atoms with E-state index in [0.29, 0.717) is 10.4 Å². The topological polar surface area (TPSA) is 72.2 Å². The minimum Gasteiger partial charge on any atom is -0.366 e. The smallest absolute Gasteiger partial charge is 0.261 e. The largest absolute Gasteiger partial charge is 0.366 e. The van der Waals surface area contributed by atoms with Gasteiger partial charge in [-0.2, -0.15) is 0 Å². The molecule has 0 aliphatic carbocycles. The minimum atomic E-state index is -0.583. The Morgan fingerprint density at radius 3 is 2.67 bits per heavy atom. The molecule has 1 unspecified atom stereocenters. The molecule has 110 valence electrons. The summed E-state index contributed by atoms with van der Waals surface area (Å²) in [6.45, 7) is 1.74. The van der Waals surface area contributed by atoms with Crippen LogP contribution in [-0.2, 0) is 0 Å². The Morgan fingerprint density at radius 1 is 1.38 bits per heavy atom. The highest BCUT2D eigenvalue weighted by Gasteiger charge is 2.16. The second-order valence-corrected chi connectivity index (χ2v) is 5.74. The quantitative estimate of drug-likeness (QED) is 0.906. The normalized spacial score (nSPS) is 12.0. The molecular formula is C14H12ClFN2O2S. The highest BCUT2D eigenvalue weighted by Crippen LogP contribution is 2.24. The number of primary amides is 1. The van der Waals surface area contributed by atoms with Crippen LogP contribution in [-0.4, -0.2) is 11.8 Å². The summed E-state index contributed by atoms with van der Waals surface area (Å²) in [5.41, 5.74) is 6.04. The molecule has 1 aromatic heterocycles. The zero-order valence-electron chi connectivity index (χ0n) is 11.0. The SMILES string of the molecule is CC(NC(=O)c1cc(C(N)=O)cs1)c1ccc(F)cc1Cl. The molecule has 1 heterocycles. The number of thiophene rings is 1. The molecule has 2 aromatic rings. The summed E-state index contributed by atoms with van der Waals surface area (Å²) in [4.78, 5) is 23.4. The van der Waals surface area contributed by atoms with Crippen LogP contribution in [0.5, 0.6) is 0 Å². The van der Waals surface area contributed by atoms with E-state index in [1.54, 1.807) is 6.92 Å². The number of carbonyl (C=O) groups excluding carboxylic acids is 2.